The predicted octanol–water partition coefficient (Wildman–Crippen LogP) is 3.22. The monoisotopic (exact) mass is 307 g/mol. The lowest BCUT2D eigenvalue weighted by Gasteiger charge is -2.07. The summed E-state index contributed by atoms with van der Waals surface area (Å²) in [4.78, 5) is 11.8. The highest BCUT2D eigenvalue weighted by Gasteiger charge is 2.24. The summed E-state index contributed by atoms with van der Waals surface area (Å²) < 4.78 is 12.1. The van der Waals surface area contributed by atoms with Crippen molar-refractivity contribution in [2.24, 2.45) is 0 Å². The van der Waals surface area contributed by atoms with Gasteiger partial charge in [0.15, 0.2) is 11.5 Å². The summed E-state index contributed by atoms with van der Waals surface area (Å²) >= 11 is 0. The number of carbonyl (C=O) groups excluding carboxylic acids is 1. The number of benzene rings is 1. The molecule has 0 amide bonds. The van der Waals surface area contributed by atoms with Crippen LogP contribution in [-0.2, 0) is 0 Å². The number of ether oxygens (including phenoxy) is 1. The van der Waals surface area contributed by atoms with E-state index in [1.54, 1.807) is 43.5 Å². The third kappa shape index (κ3) is 2.49. The molecule has 0 saturated carbocycles. The number of ketones is 1. The van der Waals surface area contributed by atoms with Gasteiger partial charge < -0.3 is 9.15 Å². The van der Waals surface area contributed by atoms with Crippen molar-refractivity contribution in [2.75, 3.05) is 7.11 Å². The summed E-state index contributed by atoms with van der Waals surface area (Å²) in [5, 5.41) is 13.8. The Balaban J connectivity index is 2.27. The quantitative estimate of drug-likeness (QED) is 0.691. The molecule has 0 saturated heterocycles. The molecule has 6 nitrogen and oxygen atoms in total. The van der Waals surface area contributed by atoms with E-state index in [4.69, 9.17) is 9.15 Å². The lowest BCUT2D eigenvalue weighted by atomic mass is 10.1. The van der Waals surface area contributed by atoms with Gasteiger partial charge in [-0.3, -0.25) is 4.79 Å². The first-order chi connectivity index (χ1) is 11.2. The average Bonchev–Trinajstić information content (AvgIpc) is 3.21. The van der Waals surface area contributed by atoms with E-state index in [0.717, 1.165) is 0 Å². The third-order valence-corrected chi connectivity index (χ3v) is 3.40. The van der Waals surface area contributed by atoms with Gasteiger partial charge in [-0.1, -0.05) is 0 Å². The molecule has 3 aromatic rings. The number of carbonyl (C=O) groups is 1. The number of furan rings is 1. The molecule has 6 heteroatoms. The Kier molecular flexibility index (Phi) is 3.69. The first kappa shape index (κ1) is 14.6. The summed E-state index contributed by atoms with van der Waals surface area (Å²) in [5.41, 5.74) is 1.46. The standard InChI is InChI=1S/C17H13N3O3/c1-11(21)16-14(10-18)17(15-4-3-9-23-15)20(19-16)12-5-7-13(22-2)8-6-12/h3-9H,1-2H3. The van der Waals surface area contributed by atoms with Gasteiger partial charge in [0.05, 0.1) is 19.1 Å². The van der Waals surface area contributed by atoms with Crippen molar-refractivity contribution < 1.29 is 13.9 Å². The van der Waals surface area contributed by atoms with Crippen molar-refractivity contribution in [2.45, 2.75) is 6.92 Å². The molecule has 0 unspecified atom stereocenters. The highest BCUT2D eigenvalue weighted by Crippen LogP contribution is 2.30. The summed E-state index contributed by atoms with van der Waals surface area (Å²) in [5.74, 6) is 0.895. The van der Waals surface area contributed by atoms with Gasteiger partial charge in [0.2, 0.25) is 0 Å². The highest BCUT2D eigenvalue weighted by atomic mass is 16.5. The van der Waals surface area contributed by atoms with Crippen molar-refractivity contribution >= 4 is 5.78 Å². The topological polar surface area (TPSA) is 81.0 Å². The molecule has 0 spiro atoms. The van der Waals surface area contributed by atoms with Crippen LogP contribution in [-0.4, -0.2) is 22.7 Å². The number of hydrogen-bond acceptors (Lipinski definition) is 5. The SMILES string of the molecule is COc1ccc(-n2nc(C(C)=O)c(C#N)c2-c2ccco2)cc1. The number of aromatic nitrogens is 2. The van der Waals surface area contributed by atoms with Gasteiger partial charge in [0, 0.05) is 6.92 Å². The molecular weight excluding hydrogens is 294 g/mol. The number of rotatable bonds is 4. The van der Waals surface area contributed by atoms with Gasteiger partial charge in [0.25, 0.3) is 0 Å². The van der Waals surface area contributed by atoms with Crippen molar-refractivity contribution in [3.05, 3.63) is 53.9 Å². The van der Waals surface area contributed by atoms with E-state index in [9.17, 15) is 10.1 Å². The van der Waals surface area contributed by atoms with E-state index in [0.29, 0.717) is 22.9 Å². The minimum absolute atomic E-state index is 0.120. The lowest BCUT2D eigenvalue weighted by Crippen LogP contribution is -2.01. The molecule has 1 aromatic carbocycles. The van der Waals surface area contributed by atoms with Crippen molar-refractivity contribution in [3.8, 4) is 29.0 Å². The summed E-state index contributed by atoms with van der Waals surface area (Å²) in [6.07, 6.45) is 1.51. The predicted molar refractivity (Wildman–Crippen MR) is 82.5 cm³/mol. The molecule has 0 fully saturated rings. The molecule has 0 atom stereocenters. The van der Waals surface area contributed by atoms with Gasteiger partial charge in [-0.2, -0.15) is 10.4 Å². The van der Waals surface area contributed by atoms with Crippen LogP contribution in [0.2, 0.25) is 0 Å². The maximum Gasteiger partial charge on any atom is 0.181 e. The smallest absolute Gasteiger partial charge is 0.181 e. The van der Waals surface area contributed by atoms with Crippen LogP contribution in [0.25, 0.3) is 17.1 Å². The van der Waals surface area contributed by atoms with Crippen molar-refractivity contribution in [1.82, 2.24) is 9.78 Å². The fourth-order valence-corrected chi connectivity index (χ4v) is 2.32. The lowest BCUT2D eigenvalue weighted by molar-refractivity contribution is 0.101. The number of nitriles is 1. The minimum Gasteiger partial charge on any atom is -0.497 e. The first-order valence-corrected chi connectivity index (χ1v) is 6.88. The molecule has 114 valence electrons. The van der Waals surface area contributed by atoms with Crippen LogP contribution in [0, 0.1) is 11.3 Å². The molecule has 3 rings (SSSR count). The van der Waals surface area contributed by atoms with Crippen LogP contribution >= 0.6 is 0 Å². The van der Waals surface area contributed by atoms with Gasteiger partial charge in [0.1, 0.15) is 28.8 Å². The second kappa shape index (κ2) is 5.81. The summed E-state index contributed by atoms with van der Waals surface area (Å²) in [6.45, 7) is 1.38. The van der Waals surface area contributed by atoms with Crippen LogP contribution in [0.15, 0.2) is 47.1 Å². The van der Waals surface area contributed by atoms with Crippen LogP contribution < -0.4 is 4.74 Å². The van der Waals surface area contributed by atoms with E-state index in [-0.39, 0.29) is 17.0 Å². The molecule has 0 radical (unpaired) electrons. The fourth-order valence-electron chi connectivity index (χ4n) is 2.32. The van der Waals surface area contributed by atoms with E-state index in [2.05, 4.69) is 11.2 Å². The Morgan fingerprint density at radius 3 is 2.57 bits per heavy atom. The third-order valence-electron chi connectivity index (χ3n) is 3.40. The summed E-state index contributed by atoms with van der Waals surface area (Å²) in [6, 6.07) is 12.6. The second-order valence-electron chi connectivity index (χ2n) is 4.83. The molecule has 0 bridgehead atoms. The van der Waals surface area contributed by atoms with E-state index in [1.165, 1.54) is 17.9 Å². The van der Waals surface area contributed by atoms with Crippen LogP contribution in [0.5, 0.6) is 5.75 Å². The van der Waals surface area contributed by atoms with Crippen LogP contribution in [0.3, 0.4) is 0 Å². The second-order valence-corrected chi connectivity index (χ2v) is 4.83. The zero-order valence-corrected chi connectivity index (χ0v) is 12.6. The number of Topliss-reactive ketones (excluding diaryl/α,β-unsaturated/α-hetero) is 1. The number of hydrogen-bond donors (Lipinski definition) is 0. The summed E-state index contributed by atoms with van der Waals surface area (Å²) in [7, 11) is 1.58. The highest BCUT2D eigenvalue weighted by molar-refractivity contribution is 5.96. The molecule has 0 aliphatic carbocycles. The van der Waals surface area contributed by atoms with Crippen LogP contribution in [0.4, 0.5) is 0 Å². The Bertz CT molecular complexity index is 885. The molecular formula is C17H13N3O3. The van der Waals surface area contributed by atoms with Gasteiger partial charge in [-0.05, 0) is 36.4 Å². The maximum absolute atomic E-state index is 11.8. The maximum atomic E-state index is 11.8. The molecule has 0 N–H and O–H groups in total. The van der Waals surface area contributed by atoms with Gasteiger partial charge in [-0.15, -0.1) is 0 Å². The number of methoxy groups -OCH3 is 1. The van der Waals surface area contributed by atoms with Crippen molar-refractivity contribution in [3.63, 3.8) is 0 Å². The first-order valence-electron chi connectivity index (χ1n) is 6.88. The normalized spacial score (nSPS) is 10.3. The average molecular weight is 307 g/mol. The van der Waals surface area contributed by atoms with Crippen molar-refractivity contribution in [1.29, 1.82) is 5.26 Å². The van der Waals surface area contributed by atoms with Gasteiger partial charge >= 0.3 is 0 Å². The van der Waals surface area contributed by atoms with E-state index >= 15 is 0 Å². The molecule has 2 heterocycles. The minimum atomic E-state index is -0.276. The fraction of sp³-hybridized carbons (Fsp3) is 0.118. The Labute approximate surface area is 132 Å². The molecule has 0 aliphatic heterocycles. The number of nitrogens with zero attached hydrogens (tertiary/aromatic N) is 3. The Hall–Kier alpha value is -3.33. The van der Waals surface area contributed by atoms with Gasteiger partial charge in [-0.25, -0.2) is 4.68 Å². The molecule has 23 heavy (non-hydrogen) atoms. The largest absolute Gasteiger partial charge is 0.497 e. The Morgan fingerprint density at radius 2 is 2.04 bits per heavy atom. The van der Waals surface area contributed by atoms with E-state index in [1.807, 2.05) is 0 Å². The molecule has 0 aliphatic rings. The zero-order chi connectivity index (χ0) is 16.4. The zero-order valence-electron chi connectivity index (χ0n) is 12.6. The molecule has 2 aromatic heterocycles. The van der Waals surface area contributed by atoms with E-state index < -0.39 is 0 Å². The van der Waals surface area contributed by atoms with Crippen LogP contribution in [0.1, 0.15) is 23.0 Å². The Morgan fingerprint density at radius 1 is 1.30 bits per heavy atom.